The molecule has 1 aromatic rings. The molecule has 2 aliphatic heterocycles. The standard InChI is InChI=1S/C18H26N4O3/c1-17(2,3)25-16(24)21-10-18(11-21,15(19)23)12-22-9-13-7-5-6-8-14(13)20(22)4/h5-8H,9-12H2,1-4H3,(H2,19,23). The third kappa shape index (κ3) is 3.28. The van der Waals surface area contributed by atoms with Gasteiger partial charge in [-0.05, 0) is 32.4 Å². The van der Waals surface area contributed by atoms with Gasteiger partial charge in [0.05, 0.1) is 11.1 Å². The fraction of sp³-hybridized carbons (Fsp3) is 0.556. The summed E-state index contributed by atoms with van der Waals surface area (Å²) < 4.78 is 5.37. The lowest BCUT2D eigenvalue weighted by atomic mass is 9.79. The summed E-state index contributed by atoms with van der Waals surface area (Å²) in [6.07, 6.45) is -0.401. The molecule has 0 spiro atoms. The number of nitrogens with two attached hydrogens (primary N) is 1. The van der Waals surface area contributed by atoms with Crippen molar-refractivity contribution >= 4 is 17.7 Å². The number of carbonyl (C=O) groups is 2. The lowest BCUT2D eigenvalue weighted by Gasteiger charge is -2.49. The average molecular weight is 346 g/mol. The number of anilines is 1. The van der Waals surface area contributed by atoms with Gasteiger partial charge in [-0.3, -0.25) is 4.79 Å². The SMILES string of the molecule is CN1c2ccccc2CN1CC1(C(N)=O)CN(C(=O)OC(C)(C)C)C1. The number of likely N-dealkylation sites (tertiary alicyclic amines) is 1. The Morgan fingerprint density at radius 2 is 1.88 bits per heavy atom. The van der Waals surface area contributed by atoms with Crippen LogP contribution in [0.5, 0.6) is 0 Å². The predicted octanol–water partition coefficient (Wildman–Crippen LogP) is 1.58. The highest BCUT2D eigenvalue weighted by molar-refractivity contribution is 5.85. The van der Waals surface area contributed by atoms with Crippen LogP contribution in [0.1, 0.15) is 26.3 Å². The van der Waals surface area contributed by atoms with Crippen molar-refractivity contribution in [2.24, 2.45) is 11.1 Å². The highest BCUT2D eigenvalue weighted by Gasteiger charge is 2.52. The third-order valence-corrected chi connectivity index (χ3v) is 4.76. The molecule has 1 saturated heterocycles. The van der Waals surface area contributed by atoms with Crippen LogP contribution in [0.2, 0.25) is 0 Å². The molecule has 0 aliphatic carbocycles. The Hall–Kier alpha value is -2.28. The van der Waals surface area contributed by atoms with Crippen LogP contribution in [0.15, 0.2) is 24.3 Å². The van der Waals surface area contributed by atoms with Gasteiger partial charge in [0.2, 0.25) is 5.91 Å². The Kier molecular flexibility index (Phi) is 4.15. The van der Waals surface area contributed by atoms with Crippen molar-refractivity contribution < 1.29 is 14.3 Å². The number of ether oxygens (including phenoxy) is 1. The van der Waals surface area contributed by atoms with Gasteiger partial charge in [0.15, 0.2) is 0 Å². The summed E-state index contributed by atoms with van der Waals surface area (Å²) in [6.45, 7) is 7.25. The average Bonchev–Trinajstić information content (AvgIpc) is 2.77. The maximum Gasteiger partial charge on any atom is 0.410 e. The number of nitrogens with zero attached hydrogens (tertiary/aromatic N) is 3. The van der Waals surface area contributed by atoms with E-state index < -0.39 is 17.1 Å². The van der Waals surface area contributed by atoms with Crippen molar-refractivity contribution in [3.63, 3.8) is 0 Å². The van der Waals surface area contributed by atoms with E-state index in [1.807, 2.05) is 40.0 Å². The van der Waals surface area contributed by atoms with Gasteiger partial charge in [0.25, 0.3) is 0 Å². The number of carbonyl (C=O) groups excluding carboxylic acids is 2. The van der Waals surface area contributed by atoms with E-state index in [0.717, 1.165) is 12.2 Å². The van der Waals surface area contributed by atoms with Crippen molar-refractivity contribution in [3.05, 3.63) is 29.8 Å². The highest BCUT2D eigenvalue weighted by Crippen LogP contribution is 2.37. The minimum Gasteiger partial charge on any atom is -0.444 e. The van der Waals surface area contributed by atoms with Crippen LogP contribution >= 0.6 is 0 Å². The number of primary amides is 1. The first kappa shape index (κ1) is 17.5. The number of hydrogen-bond donors (Lipinski definition) is 1. The van der Waals surface area contributed by atoms with E-state index >= 15 is 0 Å². The highest BCUT2D eigenvalue weighted by atomic mass is 16.6. The second kappa shape index (κ2) is 5.91. The fourth-order valence-electron chi connectivity index (χ4n) is 3.40. The molecule has 1 fully saturated rings. The van der Waals surface area contributed by atoms with Crippen molar-refractivity contribution in [1.82, 2.24) is 9.91 Å². The Balaban J connectivity index is 1.67. The molecule has 0 saturated carbocycles. The van der Waals surface area contributed by atoms with E-state index in [1.165, 1.54) is 5.56 Å². The lowest BCUT2D eigenvalue weighted by Crippen LogP contribution is -2.68. The van der Waals surface area contributed by atoms with E-state index in [1.54, 1.807) is 4.90 Å². The van der Waals surface area contributed by atoms with Gasteiger partial charge in [-0.25, -0.2) is 9.80 Å². The van der Waals surface area contributed by atoms with Crippen molar-refractivity contribution in [3.8, 4) is 0 Å². The first-order chi connectivity index (χ1) is 11.6. The predicted molar refractivity (Wildman–Crippen MR) is 94.7 cm³/mol. The summed E-state index contributed by atoms with van der Waals surface area (Å²) in [5.74, 6) is -0.378. The van der Waals surface area contributed by atoms with Gasteiger partial charge in [-0.2, -0.15) is 0 Å². The molecular weight excluding hydrogens is 320 g/mol. The molecule has 1 aromatic carbocycles. The van der Waals surface area contributed by atoms with Crippen LogP contribution in [0.25, 0.3) is 0 Å². The molecule has 7 nitrogen and oxygen atoms in total. The molecule has 2 N–H and O–H groups in total. The molecule has 0 radical (unpaired) electrons. The molecule has 2 heterocycles. The van der Waals surface area contributed by atoms with Crippen LogP contribution in [0.4, 0.5) is 10.5 Å². The quantitative estimate of drug-likeness (QED) is 0.899. The number of benzene rings is 1. The molecule has 136 valence electrons. The first-order valence-electron chi connectivity index (χ1n) is 8.46. The molecule has 0 atom stereocenters. The van der Waals surface area contributed by atoms with Crippen LogP contribution < -0.4 is 10.7 Å². The van der Waals surface area contributed by atoms with Gasteiger partial charge in [-0.15, -0.1) is 0 Å². The molecule has 2 amide bonds. The number of hydrazine groups is 1. The first-order valence-corrected chi connectivity index (χ1v) is 8.46. The van der Waals surface area contributed by atoms with E-state index in [9.17, 15) is 9.59 Å². The summed E-state index contributed by atoms with van der Waals surface area (Å²) >= 11 is 0. The molecule has 0 aromatic heterocycles. The zero-order chi connectivity index (χ0) is 18.4. The lowest BCUT2D eigenvalue weighted by molar-refractivity contribution is -0.139. The van der Waals surface area contributed by atoms with Crippen molar-refractivity contribution in [1.29, 1.82) is 0 Å². The Morgan fingerprint density at radius 3 is 2.44 bits per heavy atom. The monoisotopic (exact) mass is 346 g/mol. The number of amides is 2. The third-order valence-electron chi connectivity index (χ3n) is 4.76. The summed E-state index contributed by atoms with van der Waals surface area (Å²) in [5.41, 5.74) is 6.73. The van der Waals surface area contributed by atoms with Gasteiger partial charge in [0.1, 0.15) is 5.60 Å². The molecule has 3 rings (SSSR count). The molecule has 0 unspecified atom stereocenters. The zero-order valence-electron chi connectivity index (χ0n) is 15.3. The van der Waals surface area contributed by atoms with Crippen LogP contribution in [-0.4, -0.2) is 54.2 Å². The molecule has 2 aliphatic rings. The summed E-state index contributed by atoms with van der Waals surface area (Å²) in [4.78, 5) is 25.8. The number of hydrogen-bond acceptors (Lipinski definition) is 5. The van der Waals surface area contributed by atoms with Gasteiger partial charge >= 0.3 is 6.09 Å². The van der Waals surface area contributed by atoms with Crippen LogP contribution in [0.3, 0.4) is 0 Å². The zero-order valence-corrected chi connectivity index (χ0v) is 15.3. The molecule has 0 bridgehead atoms. The Labute approximate surface area is 148 Å². The van der Waals surface area contributed by atoms with Crippen molar-refractivity contribution in [2.45, 2.75) is 32.9 Å². The molecular formula is C18H26N4O3. The summed E-state index contributed by atoms with van der Waals surface area (Å²) in [5, 5.41) is 4.15. The molecule has 7 heteroatoms. The maximum absolute atomic E-state index is 12.2. The Morgan fingerprint density at radius 1 is 1.24 bits per heavy atom. The fourth-order valence-corrected chi connectivity index (χ4v) is 3.40. The summed E-state index contributed by atoms with van der Waals surface area (Å²) in [6, 6.07) is 8.14. The summed E-state index contributed by atoms with van der Waals surface area (Å²) in [7, 11) is 1.98. The van der Waals surface area contributed by atoms with Gasteiger partial charge < -0.3 is 20.4 Å². The smallest absolute Gasteiger partial charge is 0.410 e. The van der Waals surface area contributed by atoms with Gasteiger partial charge in [0, 0.05) is 33.2 Å². The topological polar surface area (TPSA) is 79.1 Å². The maximum atomic E-state index is 12.2. The molecule has 25 heavy (non-hydrogen) atoms. The van der Waals surface area contributed by atoms with Crippen LogP contribution in [-0.2, 0) is 16.1 Å². The van der Waals surface area contributed by atoms with E-state index in [4.69, 9.17) is 10.5 Å². The largest absolute Gasteiger partial charge is 0.444 e. The van der Waals surface area contributed by atoms with E-state index in [-0.39, 0.29) is 19.0 Å². The van der Waals surface area contributed by atoms with E-state index in [0.29, 0.717) is 6.54 Å². The minimum atomic E-state index is -0.743. The number of rotatable bonds is 3. The number of fused-ring (bicyclic) bond motifs is 1. The van der Waals surface area contributed by atoms with Crippen molar-refractivity contribution in [2.75, 3.05) is 31.7 Å². The van der Waals surface area contributed by atoms with E-state index in [2.05, 4.69) is 22.2 Å². The second-order valence-electron chi connectivity index (χ2n) is 7.96. The van der Waals surface area contributed by atoms with Gasteiger partial charge in [-0.1, -0.05) is 18.2 Å². The minimum absolute atomic E-state index is 0.290. The Bertz CT molecular complexity index is 692. The number of para-hydroxylation sites is 1. The normalized spacial score (nSPS) is 19.4. The second-order valence-corrected chi connectivity index (χ2v) is 7.96. The van der Waals surface area contributed by atoms with Crippen LogP contribution in [0, 0.1) is 5.41 Å².